The molecule has 13 heavy (non-hydrogen) atoms. The molecule has 0 aliphatic rings. The molecule has 1 heteroatoms. The molecule has 0 amide bonds. The van der Waals surface area contributed by atoms with Crippen molar-refractivity contribution in [1.29, 1.82) is 0 Å². The molecule has 0 atom stereocenters. The van der Waals surface area contributed by atoms with Gasteiger partial charge in [-0.15, -0.1) is 0 Å². The molecule has 0 aromatic heterocycles. The minimum atomic E-state index is 0.467. The highest BCUT2D eigenvalue weighted by Crippen LogP contribution is 2.25. The number of aldehydes is 1. The molecule has 0 unspecified atom stereocenters. The highest BCUT2D eigenvalue weighted by Gasteiger charge is 2.12. The molecule has 0 aromatic carbocycles. The van der Waals surface area contributed by atoms with E-state index in [1.54, 1.807) is 0 Å². The highest BCUT2D eigenvalue weighted by molar-refractivity contribution is 5.49. The quantitative estimate of drug-likeness (QED) is 0.333. The molecular weight excluding hydrogens is 160 g/mol. The predicted molar refractivity (Wildman–Crippen MR) is 57.7 cm³/mol. The van der Waals surface area contributed by atoms with Gasteiger partial charge in [-0.25, -0.2) is 0 Å². The van der Waals surface area contributed by atoms with Gasteiger partial charge >= 0.3 is 0 Å². The Hall–Kier alpha value is -0.590. The Bertz CT molecular complexity index is 157. The van der Waals surface area contributed by atoms with Crippen LogP contribution in [0.25, 0.3) is 0 Å². The standard InChI is InChI=1S/C12H22O/c1-4-12(2,3)10-8-6-5-7-9-11-13/h5-6,11H,4,7-10H2,1-3H3/b6-5+. The number of unbranched alkanes of at least 4 members (excludes halogenated alkanes) is 1. The van der Waals surface area contributed by atoms with Crippen LogP contribution < -0.4 is 0 Å². The summed E-state index contributed by atoms with van der Waals surface area (Å²) in [6.07, 6.45) is 10.4. The van der Waals surface area contributed by atoms with E-state index in [1.165, 1.54) is 12.8 Å². The predicted octanol–water partition coefficient (Wildman–Crippen LogP) is 3.74. The molecule has 0 spiro atoms. The first-order chi connectivity index (χ1) is 6.12. The third-order valence-electron chi connectivity index (χ3n) is 2.56. The molecule has 1 nitrogen and oxygen atoms in total. The van der Waals surface area contributed by atoms with Crippen LogP contribution in [-0.2, 0) is 4.79 Å². The average Bonchev–Trinajstić information content (AvgIpc) is 2.11. The molecule has 0 heterocycles. The molecule has 0 aromatic rings. The van der Waals surface area contributed by atoms with Crippen molar-refractivity contribution < 1.29 is 4.79 Å². The fraction of sp³-hybridized carbons (Fsp3) is 0.750. The maximum absolute atomic E-state index is 10.0. The van der Waals surface area contributed by atoms with Crippen LogP contribution in [0, 0.1) is 5.41 Å². The Morgan fingerprint density at radius 3 is 2.23 bits per heavy atom. The zero-order valence-corrected chi connectivity index (χ0v) is 9.18. The van der Waals surface area contributed by atoms with Crippen LogP contribution in [0.3, 0.4) is 0 Å². The summed E-state index contributed by atoms with van der Waals surface area (Å²) in [4.78, 5) is 10.0. The van der Waals surface area contributed by atoms with Gasteiger partial charge < -0.3 is 4.79 Å². The third kappa shape index (κ3) is 7.76. The van der Waals surface area contributed by atoms with E-state index >= 15 is 0 Å². The van der Waals surface area contributed by atoms with Gasteiger partial charge in [0, 0.05) is 6.42 Å². The average molecular weight is 182 g/mol. The van der Waals surface area contributed by atoms with E-state index in [0.29, 0.717) is 11.8 Å². The Labute approximate surface area is 82.2 Å². The van der Waals surface area contributed by atoms with Crippen molar-refractivity contribution in [2.24, 2.45) is 5.41 Å². The van der Waals surface area contributed by atoms with Crippen molar-refractivity contribution in [3.8, 4) is 0 Å². The molecule has 0 fully saturated rings. The largest absolute Gasteiger partial charge is 0.303 e. The number of hydrogen-bond donors (Lipinski definition) is 0. The number of carbonyl (C=O) groups is 1. The number of allylic oxidation sites excluding steroid dienone is 2. The second-order valence-corrected chi connectivity index (χ2v) is 4.27. The van der Waals surface area contributed by atoms with Crippen LogP contribution >= 0.6 is 0 Å². The summed E-state index contributed by atoms with van der Waals surface area (Å²) in [6.45, 7) is 6.83. The lowest BCUT2D eigenvalue weighted by molar-refractivity contribution is -0.107. The highest BCUT2D eigenvalue weighted by atomic mass is 16.1. The van der Waals surface area contributed by atoms with Gasteiger partial charge in [0.25, 0.3) is 0 Å². The summed E-state index contributed by atoms with van der Waals surface area (Å²) < 4.78 is 0. The summed E-state index contributed by atoms with van der Waals surface area (Å²) in [5.74, 6) is 0. The maximum atomic E-state index is 10.0. The van der Waals surface area contributed by atoms with Crippen molar-refractivity contribution in [3.63, 3.8) is 0 Å². The van der Waals surface area contributed by atoms with Crippen molar-refractivity contribution in [1.82, 2.24) is 0 Å². The van der Waals surface area contributed by atoms with Gasteiger partial charge in [0.2, 0.25) is 0 Å². The second kappa shape index (κ2) is 6.88. The van der Waals surface area contributed by atoms with Gasteiger partial charge in [-0.05, 0) is 24.7 Å². The molecule has 0 radical (unpaired) electrons. The van der Waals surface area contributed by atoms with Crippen LogP contribution in [0.1, 0.15) is 52.9 Å². The van der Waals surface area contributed by atoms with Gasteiger partial charge in [0.15, 0.2) is 0 Å². The second-order valence-electron chi connectivity index (χ2n) is 4.27. The zero-order valence-electron chi connectivity index (χ0n) is 9.18. The third-order valence-corrected chi connectivity index (χ3v) is 2.56. The van der Waals surface area contributed by atoms with E-state index in [2.05, 4.69) is 32.9 Å². The smallest absolute Gasteiger partial charge is 0.120 e. The van der Waals surface area contributed by atoms with Crippen molar-refractivity contribution in [3.05, 3.63) is 12.2 Å². The Morgan fingerprint density at radius 1 is 1.08 bits per heavy atom. The summed E-state index contributed by atoms with van der Waals surface area (Å²) >= 11 is 0. The fourth-order valence-electron chi connectivity index (χ4n) is 1.05. The van der Waals surface area contributed by atoms with Gasteiger partial charge in [-0.1, -0.05) is 39.3 Å². The Morgan fingerprint density at radius 2 is 1.69 bits per heavy atom. The SMILES string of the molecule is CCC(C)(C)CC/C=C/CCC=O. The molecule has 0 saturated carbocycles. The molecule has 0 aliphatic carbocycles. The fourth-order valence-corrected chi connectivity index (χ4v) is 1.05. The minimum absolute atomic E-state index is 0.467. The topological polar surface area (TPSA) is 17.1 Å². The number of hydrogen-bond acceptors (Lipinski definition) is 1. The van der Waals surface area contributed by atoms with Crippen LogP contribution in [0.2, 0.25) is 0 Å². The van der Waals surface area contributed by atoms with Crippen LogP contribution in [-0.4, -0.2) is 6.29 Å². The number of rotatable bonds is 7. The first-order valence-electron chi connectivity index (χ1n) is 5.21. The van der Waals surface area contributed by atoms with E-state index < -0.39 is 0 Å². The van der Waals surface area contributed by atoms with Crippen LogP contribution in [0.4, 0.5) is 0 Å². The minimum Gasteiger partial charge on any atom is -0.303 e. The lowest BCUT2D eigenvalue weighted by Gasteiger charge is -2.21. The monoisotopic (exact) mass is 182 g/mol. The number of carbonyl (C=O) groups excluding carboxylic acids is 1. The van der Waals surface area contributed by atoms with Gasteiger partial charge in [-0.3, -0.25) is 0 Å². The molecule has 0 saturated heterocycles. The molecule has 76 valence electrons. The van der Waals surface area contributed by atoms with Crippen LogP contribution in [0.15, 0.2) is 12.2 Å². The summed E-state index contributed by atoms with van der Waals surface area (Å²) in [7, 11) is 0. The van der Waals surface area contributed by atoms with Crippen LogP contribution in [0.5, 0.6) is 0 Å². The molecular formula is C12H22O. The molecule has 0 aliphatic heterocycles. The maximum Gasteiger partial charge on any atom is 0.120 e. The van der Waals surface area contributed by atoms with Gasteiger partial charge in [-0.2, -0.15) is 0 Å². The van der Waals surface area contributed by atoms with E-state index in [1.807, 2.05) is 0 Å². The Kier molecular flexibility index (Phi) is 6.56. The summed E-state index contributed by atoms with van der Waals surface area (Å²) in [6, 6.07) is 0. The first-order valence-corrected chi connectivity index (χ1v) is 5.21. The van der Waals surface area contributed by atoms with Crippen molar-refractivity contribution in [2.45, 2.75) is 52.9 Å². The zero-order chi connectivity index (χ0) is 10.2. The lowest BCUT2D eigenvalue weighted by atomic mass is 9.85. The van der Waals surface area contributed by atoms with E-state index in [4.69, 9.17) is 0 Å². The Balaban J connectivity index is 3.43. The summed E-state index contributed by atoms with van der Waals surface area (Å²) in [5, 5.41) is 0. The van der Waals surface area contributed by atoms with E-state index in [0.717, 1.165) is 19.1 Å². The normalized spacial score (nSPS) is 12.2. The molecule has 0 bridgehead atoms. The van der Waals surface area contributed by atoms with Gasteiger partial charge in [0.1, 0.15) is 6.29 Å². The van der Waals surface area contributed by atoms with Crippen molar-refractivity contribution in [2.75, 3.05) is 0 Å². The van der Waals surface area contributed by atoms with E-state index in [-0.39, 0.29) is 0 Å². The molecule has 0 rings (SSSR count). The van der Waals surface area contributed by atoms with E-state index in [9.17, 15) is 4.79 Å². The van der Waals surface area contributed by atoms with Gasteiger partial charge in [0.05, 0.1) is 0 Å². The molecule has 0 N–H and O–H groups in total. The van der Waals surface area contributed by atoms with Crippen molar-refractivity contribution >= 4 is 6.29 Å². The lowest BCUT2D eigenvalue weighted by Crippen LogP contribution is -2.08. The summed E-state index contributed by atoms with van der Waals surface area (Å²) in [5.41, 5.74) is 0.467. The first kappa shape index (κ1) is 12.4.